The number of rotatable bonds is 5. The Labute approximate surface area is 139 Å². The molecule has 1 aromatic heterocycles. The Bertz CT molecular complexity index is 695. The summed E-state index contributed by atoms with van der Waals surface area (Å²) >= 11 is 7.65. The van der Waals surface area contributed by atoms with Crippen molar-refractivity contribution in [2.75, 3.05) is 20.7 Å². The molecule has 116 valence electrons. The van der Waals surface area contributed by atoms with Crippen molar-refractivity contribution in [3.05, 3.63) is 40.2 Å². The number of nitrogens with zero attached hydrogens (tertiary/aromatic N) is 2. The normalized spacial score (nSPS) is 10.9. The van der Waals surface area contributed by atoms with E-state index in [0.717, 1.165) is 11.1 Å². The van der Waals surface area contributed by atoms with E-state index in [-0.39, 0.29) is 5.97 Å². The maximum absolute atomic E-state index is 12.3. The number of thiophene rings is 1. The van der Waals surface area contributed by atoms with E-state index in [2.05, 4.69) is 4.99 Å². The maximum atomic E-state index is 12.3. The maximum Gasteiger partial charge on any atom is 0.341 e. The molecule has 0 N–H and O–H groups in total. The molecule has 0 aliphatic carbocycles. The van der Waals surface area contributed by atoms with Crippen molar-refractivity contribution in [3.8, 4) is 11.1 Å². The fraction of sp³-hybridized carbons (Fsp3) is 0.250. The molecule has 0 bridgehead atoms. The first-order chi connectivity index (χ1) is 10.5. The van der Waals surface area contributed by atoms with Crippen molar-refractivity contribution in [2.45, 2.75) is 6.92 Å². The van der Waals surface area contributed by atoms with Gasteiger partial charge in [0.05, 0.1) is 12.9 Å². The third kappa shape index (κ3) is 3.67. The fourth-order valence-corrected chi connectivity index (χ4v) is 3.02. The molecule has 0 amide bonds. The number of carbonyl (C=O) groups is 1. The fourth-order valence-electron chi connectivity index (χ4n) is 1.89. The molecule has 0 fully saturated rings. The predicted molar refractivity (Wildman–Crippen MR) is 92.6 cm³/mol. The summed E-state index contributed by atoms with van der Waals surface area (Å²) in [6, 6.07) is 7.42. The van der Waals surface area contributed by atoms with Crippen molar-refractivity contribution >= 4 is 40.2 Å². The third-order valence-electron chi connectivity index (χ3n) is 2.82. The molecular formula is C16H17ClN2O2S. The Hall–Kier alpha value is -1.85. The van der Waals surface area contributed by atoms with Crippen molar-refractivity contribution < 1.29 is 9.53 Å². The first-order valence-corrected chi connectivity index (χ1v) is 8.04. The van der Waals surface area contributed by atoms with Crippen LogP contribution in [0.2, 0.25) is 5.02 Å². The van der Waals surface area contributed by atoms with E-state index in [9.17, 15) is 4.79 Å². The molecule has 1 heterocycles. The van der Waals surface area contributed by atoms with Gasteiger partial charge >= 0.3 is 5.97 Å². The summed E-state index contributed by atoms with van der Waals surface area (Å²) in [5.41, 5.74) is 2.01. The highest BCUT2D eigenvalue weighted by atomic mass is 35.5. The van der Waals surface area contributed by atoms with Gasteiger partial charge in [0.1, 0.15) is 10.6 Å². The van der Waals surface area contributed by atoms with Crippen LogP contribution < -0.4 is 0 Å². The van der Waals surface area contributed by atoms with E-state index in [1.807, 2.05) is 42.6 Å². The first-order valence-electron chi connectivity index (χ1n) is 6.78. The van der Waals surface area contributed by atoms with E-state index in [4.69, 9.17) is 16.3 Å². The lowest BCUT2D eigenvalue weighted by atomic mass is 10.0. The van der Waals surface area contributed by atoms with E-state index < -0.39 is 0 Å². The van der Waals surface area contributed by atoms with Gasteiger partial charge in [-0.25, -0.2) is 9.79 Å². The molecule has 0 aliphatic heterocycles. The molecule has 22 heavy (non-hydrogen) atoms. The summed E-state index contributed by atoms with van der Waals surface area (Å²) in [5, 5.41) is 3.09. The van der Waals surface area contributed by atoms with Crippen LogP contribution in [0.25, 0.3) is 11.1 Å². The van der Waals surface area contributed by atoms with Gasteiger partial charge in [0.2, 0.25) is 0 Å². The van der Waals surface area contributed by atoms with Crippen LogP contribution in [0.4, 0.5) is 5.00 Å². The SMILES string of the molecule is CCOC(=O)c1c(-c2ccccc2Cl)csc1N=CN(C)C. The van der Waals surface area contributed by atoms with Gasteiger partial charge in [-0.3, -0.25) is 0 Å². The molecule has 0 saturated heterocycles. The van der Waals surface area contributed by atoms with Gasteiger partial charge in [-0.1, -0.05) is 29.8 Å². The lowest BCUT2D eigenvalue weighted by Crippen LogP contribution is -2.08. The highest BCUT2D eigenvalue weighted by Gasteiger charge is 2.22. The molecule has 2 rings (SSSR count). The average Bonchev–Trinajstić information content (AvgIpc) is 2.89. The number of aliphatic imine (C=N–C) groups is 1. The molecule has 0 saturated carbocycles. The molecule has 0 atom stereocenters. The monoisotopic (exact) mass is 336 g/mol. The Morgan fingerprint density at radius 1 is 1.36 bits per heavy atom. The van der Waals surface area contributed by atoms with Crippen LogP contribution in [0.1, 0.15) is 17.3 Å². The van der Waals surface area contributed by atoms with Crippen LogP contribution in [0.5, 0.6) is 0 Å². The van der Waals surface area contributed by atoms with Crippen LogP contribution in [0.15, 0.2) is 34.6 Å². The van der Waals surface area contributed by atoms with Gasteiger partial charge in [-0.05, 0) is 13.0 Å². The van der Waals surface area contributed by atoms with Crippen molar-refractivity contribution in [3.63, 3.8) is 0 Å². The highest BCUT2D eigenvalue weighted by Crippen LogP contribution is 2.40. The zero-order valence-electron chi connectivity index (χ0n) is 12.7. The Kier molecular flexibility index (Phi) is 5.57. The summed E-state index contributed by atoms with van der Waals surface area (Å²) in [6.45, 7) is 2.09. The molecule has 6 heteroatoms. The van der Waals surface area contributed by atoms with Gasteiger partial charge in [0.15, 0.2) is 0 Å². The zero-order valence-corrected chi connectivity index (χ0v) is 14.2. The summed E-state index contributed by atoms with van der Waals surface area (Å²) in [6.07, 6.45) is 1.66. The average molecular weight is 337 g/mol. The predicted octanol–water partition coefficient (Wildman–Crippen LogP) is 4.47. The number of esters is 1. The minimum Gasteiger partial charge on any atom is -0.462 e. The number of hydrogen-bond donors (Lipinski definition) is 0. The smallest absolute Gasteiger partial charge is 0.341 e. The highest BCUT2D eigenvalue weighted by molar-refractivity contribution is 7.14. The first kappa shape index (κ1) is 16.5. The number of hydrogen-bond acceptors (Lipinski definition) is 4. The Morgan fingerprint density at radius 2 is 2.09 bits per heavy atom. The third-order valence-corrected chi connectivity index (χ3v) is 4.04. The number of ether oxygens (including phenoxy) is 1. The van der Waals surface area contributed by atoms with E-state index in [1.54, 1.807) is 19.3 Å². The minimum absolute atomic E-state index is 0.313. The number of halogens is 1. The largest absolute Gasteiger partial charge is 0.462 e. The second kappa shape index (κ2) is 7.42. The van der Waals surface area contributed by atoms with Crippen LogP contribution in [0, 0.1) is 0 Å². The molecule has 4 nitrogen and oxygen atoms in total. The number of carbonyl (C=O) groups excluding carboxylic acids is 1. The van der Waals surface area contributed by atoms with Crippen molar-refractivity contribution in [1.29, 1.82) is 0 Å². The Balaban J connectivity index is 2.55. The standard InChI is InChI=1S/C16H17ClN2O2S/c1-4-21-16(20)14-12(11-7-5-6-8-13(11)17)9-22-15(14)18-10-19(2)3/h5-10H,4H2,1-3H3. The topological polar surface area (TPSA) is 41.9 Å². The van der Waals surface area contributed by atoms with E-state index in [0.29, 0.717) is 22.2 Å². The Morgan fingerprint density at radius 3 is 2.73 bits per heavy atom. The molecule has 2 aromatic rings. The summed E-state index contributed by atoms with van der Waals surface area (Å²) in [5.74, 6) is -0.385. The molecule has 1 aromatic carbocycles. The quantitative estimate of drug-likeness (QED) is 0.459. The molecule has 0 aliphatic rings. The van der Waals surface area contributed by atoms with Crippen molar-refractivity contribution in [2.24, 2.45) is 4.99 Å². The summed E-state index contributed by atoms with van der Waals surface area (Å²) in [4.78, 5) is 18.5. The second-order valence-corrected chi connectivity index (χ2v) is 6.00. The van der Waals surface area contributed by atoms with Gasteiger partial charge in [-0.15, -0.1) is 11.3 Å². The van der Waals surface area contributed by atoms with Gasteiger partial charge in [-0.2, -0.15) is 0 Å². The van der Waals surface area contributed by atoms with Crippen LogP contribution >= 0.6 is 22.9 Å². The van der Waals surface area contributed by atoms with Gasteiger partial charge in [0.25, 0.3) is 0 Å². The van der Waals surface area contributed by atoms with Crippen LogP contribution in [-0.2, 0) is 4.74 Å². The molecule has 0 radical (unpaired) electrons. The zero-order chi connectivity index (χ0) is 16.1. The second-order valence-electron chi connectivity index (χ2n) is 4.74. The van der Waals surface area contributed by atoms with E-state index >= 15 is 0 Å². The van der Waals surface area contributed by atoms with Crippen LogP contribution in [-0.4, -0.2) is 37.9 Å². The van der Waals surface area contributed by atoms with Crippen molar-refractivity contribution in [1.82, 2.24) is 4.90 Å². The number of benzene rings is 1. The molecule has 0 unspecified atom stereocenters. The van der Waals surface area contributed by atoms with Gasteiger partial charge in [0, 0.05) is 35.6 Å². The lowest BCUT2D eigenvalue weighted by molar-refractivity contribution is 0.0529. The lowest BCUT2D eigenvalue weighted by Gasteiger charge is -2.07. The van der Waals surface area contributed by atoms with Gasteiger partial charge < -0.3 is 9.64 Å². The van der Waals surface area contributed by atoms with Crippen LogP contribution in [0.3, 0.4) is 0 Å². The molecular weight excluding hydrogens is 320 g/mol. The molecule has 0 spiro atoms. The summed E-state index contributed by atoms with van der Waals surface area (Å²) in [7, 11) is 3.74. The van der Waals surface area contributed by atoms with E-state index in [1.165, 1.54) is 11.3 Å². The minimum atomic E-state index is -0.385. The summed E-state index contributed by atoms with van der Waals surface area (Å²) < 4.78 is 5.17.